The molecular formula is C12H8BrN3O2S. The number of pyridine rings is 1. The van der Waals surface area contributed by atoms with Crippen LogP contribution in [0.5, 0.6) is 0 Å². The van der Waals surface area contributed by atoms with Crippen LogP contribution >= 0.6 is 15.9 Å². The van der Waals surface area contributed by atoms with Crippen molar-refractivity contribution in [1.29, 1.82) is 5.26 Å². The van der Waals surface area contributed by atoms with Crippen molar-refractivity contribution in [1.82, 2.24) is 4.98 Å². The zero-order valence-corrected chi connectivity index (χ0v) is 11.9. The summed E-state index contributed by atoms with van der Waals surface area (Å²) in [6.07, 6.45) is 1.30. The van der Waals surface area contributed by atoms with Crippen molar-refractivity contribution >= 4 is 31.8 Å². The van der Waals surface area contributed by atoms with Gasteiger partial charge in [-0.15, -0.1) is 0 Å². The fourth-order valence-corrected chi connectivity index (χ4v) is 2.96. The first-order valence-electron chi connectivity index (χ1n) is 5.16. The van der Waals surface area contributed by atoms with E-state index >= 15 is 0 Å². The second kappa shape index (κ2) is 5.38. The molecule has 1 aromatic carbocycles. The number of hydrogen-bond donors (Lipinski definition) is 1. The van der Waals surface area contributed by atoms with Crippen molar-refractivity contribution in [2.45, 2.75) is 4.90 Å². The first-order valence-corrected chi connectivity index (χ1v) is 7.43. The molecule has 0 fully saturated rings. The largest absolute Gasteiger partial charge is 0.263 e. The molecular weight excluding hydrogens is 330 g/mol. The molecule has 5 nitrogen and oxygen atoms in total. The van der Waals surface area contributed by atoms with Crippen molar-refractivity contribution < 1.29 is 8.42 Å². The Balaban J connectivity index is 2.28. The average molecular weight is 338 g/mol. The van der Waals surface area contributed by atoms with Gasteiger partial charge in [0, 0.05) is 10.7 Å². The van der Waals surface area contributed by atoms with Crippen LogP contribution in [0.15, 0.2) is 52.0 Å². The highest BCUT2D eigenvalue weighted by Gasteiger charge is 2.14. The maximum absolute atomic E-state index is 12.1. The Morgan fingerprint density at radius 1 is 1.26 bits per heavy atom. The van der Waals surface area contributed by atoms with E-state index in [1.54, 1.807) is 12.1 Å². The summed E-state index contributed by atoms with van der Waals surface area (Å²) in [7, 11) is -3.68. The van der Waals surface area contributed by atoms with Crippen LogP contribution in [0.25, 0.3) is 0 Å². The fourth-order valence-electron chi connectivity index (χ4n) is 1.35. The lowest BCUT2D eigenvalue weighted by Gasteiger charge is -2.07. The van der Waals surface area contributed by atoms with E-state index in [0.29, 0.717) is 10.0 Å². The Hall–Kier alpha value is -1.91. The molecule has 0 aliphatic heterocycles. The number of aromatic nitrogens is 1. The van der Waals surface area contributed by atoms with Crippen molar-refractivity contribution in [2.24, 2.45) is 0 Å². The van der Waals surface area contributed by atoms with Gasteiger partial charge in [-0.05, 0) is 30.3 Å². The van der Waals surface area contributed by atoms with Crippen molar-refractivity contribution in [3.63, 3.8) is 0 Å². The van der Waals surface area contributed by atoms with Gasteiger partial charge in [-0.3, -0.25) is 4.72 Å². The monoisotopic (exact) mass is 337 g/mol. The molecule has 0 unspecified atom stereocenters. The lowest BCUT2D eigenvalue weighted by atomic mass is 10.3. The van der Waals surface area contributed by atoms with Gasteiger partial charge >= 0.3 is 0 Å². The summed E-state index contributed by atoms with van der Waals surface area (Å²) in [5.41, 5.74) is 0.366. The molecule has 19 heavy (non-hydrogen) atoms. The molecule has 1 heterocycles. The zero-order valence-electron chi connectivity index (χ0n) is 9.54. The molecule has 0 amide bonds. The van der Waals surface area contributed by atoms with E-state index in [-0.39, 0.29) is 10.7 Å². The van der Waals surface area contributed by atoms with Crippen LogP contribution in [0.3, 0.4) is 0 Å². The number of hydrogen-bond acceptors (Lipinski definition) is 4. The highest BCUT2D eigenvalue weighted by atomic mass is 79.9. The number of nitrogens with zero attached hydrogens (tertiary/aromatic N) is 2. The second-order valence-corrected chi connectivity index (χ2v) is 6.20. The van der Waals surface area contributed by atoms with Gasteiger partial charge in [-0.25, -0.2) is 13.4 Å². The van der Waals surface area contributed by atoms with E-state index in [1.165, 1.54) is 30.5 Å². The molecule has 1 N–H and O–H groups in total. The van der Waals surface area contributed by atoms with Crippen LogP contribution in [-0.2, 0) is 10.0 Å². The smallest absolute Gasteiger partial charge is 0.263 e. The standard InChI is InChI=1S/C12H8BrN3O2S/c13-10-2-1-3-11(6-10)19(17,18)16-12-5-4-9(7-14)8-15-12/h1-6,8H,(H,15,16). The predicted octanol–water partition coefficient (Wildman–Crippen LogP) is 2.52. The molecule has 0 spiro atoms. The molecule has 0 saturated carbocycles. The second-order valence-electron chi connectivity index (χ2n) is 3.61. The van der Waals surface area contributed by atoms with E-state index in [9.17, 15) is 8.42 Å². The molecule has 0 saturated heterocycles. The molecule has 0 aliphatic carbocycles. The van der Waals surface area contributed by atoms with Crippen LogP contribution < -0.4 is 4.72 Å². The molecule has 0 atom stereocenters. The molecule has 0 radical (unpaired) electrons. The van der Waals surface area contributed by atoms with E-state index in [2.05, 4.69) is 25.6 Å². The molecule has 7 heteroatoms. The van der Waals surface area contributed by atoms with Crippen molar-refractivity contribution in [3.05, 3.63) is 52.6 Å². The average Bonchev–Trinajstić information content (AvgIpc) is 2.39. The van der Waals surface area contributed by atoms with Gasteiger partial charge in [0.05, 0.1) is 10.5 Å². The van der Waals surface area contributed by atoms with Gasteiger partial charge in [-0.1, -0.05) is 22.0 Å². The highest BCUT2D eigenvalue weighted by Crippen LogP contribution is 2.18. The lowest BCUT2D eigenvalue weighted by Crippen LogP contribution is -2.13. The van der Waals surface area contributed by atoms with Gasteiger partial charge in [0.15, 0.2) is 0 Å². The van der Waals surface area contributed by atoms with Crippen LogP contribution in [0.4, 0.5) is 5.82 Å². The molecule has 96 valence electrons. The third-order valence-corrected chi connectivity index (χ3v) is 4.08. The molecule has 2 rings (SSSR count). The van der Waals surface area contributed by atoms with Crippen molar-refractivity contribution in [3.8, 4) is 6.07 Å². The van der Waals surface area contributed by atoms with Gasteiger partial charge < -0.3 is 0 Å². The number of halogens is 1. The topological polar surface area (TPSA) is 82.9 Å². The minimum atomic E-state index is -3.68. The minimum absolute atomic E-state index is 0.132. The summed E-state index contributed by atoms with van der Waals surface area (Å²) in [4.78, 5) is 3.99. The summed E-state index contributed by atoms with van der Waals surface area (Å²) in [5.74, 6) is 0.166. The van der Waals surface area contributed by atoms with E-state index in [0.717, 1.165) is 0 Å². The SMILES string of the molecule is N#Cc1ccc(NS(=O)(=O)c2cccc(Br)c2)nc1. The Bertz CT molecular complexity index is 736. The van der Waals surface area contributed by atoms with Crippen LogP contribution in [-0.4, -0.2) is 13.4 Å². The first kappa shape index (κ1) is 13.5. The quantitative estimate of drug-likeness (QED) is 0.932. The minimum Gasteiger partial charge on any atom is -0.263 e. The summed E-state index contributed by atoms with van der Waals surface area (Å²) >= 11 is 3.22. The fraction of sp³-hybridized carbons (Fsp3) is 0. The van der Waals surface area contributed by atoms with Gasteiger partial charge in [0.2, 0.25) is 0 Å². The molecule has 0 bridgehead atoms. The number of nitrogens with one attached hydrogen (secondary N) is 1. The molecule has 2 aromatic rings. The summed E-state index contributed by atoms with van der Waals surface area (Å²) in [6, 6.07) is 11.2. The summed E-state index contributed by atoms with van der Waals surface area (Å²) < 4.78 is 27.2. The Morgan fingerprint density at radius 3 is 2.63 bits per heavy atom. The predicted molar refractivity (Wildman–Crippen MR) is 73.9 cm³/mol. The maximum Gasteiger partial charge on any atom is 0.263 e. The number of benzene rings is 1. The normalized spacial score (nSPS) is 10.7. The first-order chi connectivity index (χ1) is 9.01. The summed E-state index contributed by atoms with van der Waals surface area (Å²) in [6.45, 7) is 0. The van der Waals surface area contributed by atoms with E-state index in [1.807, 2.05) is 6.07 Å². The Labute approximate surface area is 119 Å². The van der Waals surface area contributed by atoms with Crippen molar-refractivity contribution in [2.75, 3.05) is 4.72 Å². The van der Waals surface area contributed by atoms with Crippen LogP contribution in [0.2, 0.25) is 0 Å². The van der Waals surface area contributed by atoms with Crippen LogP contribution in [0, 0.1) is 11.3 Å². The van der Waals surface area contributed by atoms with Gasteiger partial charge in [0.1, 0.15) is 11.9 Å². The molecule has 0 aliphatic rings. The Morgan fingerprint density at radius 2 is 2.05 bits per heavy atom. The number of rotatable bonds is 3. The van der Waals surface area contributed by atoms with Gasteiger partial charge in [-0.2, -0.15) is 5.26 Å². The number of anilines is 1. The van der Waals surface area contributed by atoms with E-state index in [4.69, 9.17) is 5.26 Å². The third-order valence-electron chi connectivity index (χ3n) is 2.24. The highest BCUT2D eigenvalue weighted by molar-refractivity contribution is 9.10. The maximum atomic E-state index is 12.1. The number of sulfonamides is 1. The third kappa shape index (κ3) is 3.30. The lowest BCUT2D eigenvalue weighted by molar-refractivity contribution is 0.601. The Kier molecular flexibility index (Phi) is 3.83. The zero-order chi connectivity index (χ0) is 13.9. The molecule has 1 aromatic heterocycles. The number of nitriles is 1. The summed E-state index contributed by atoms with van der Waals surface area (Å²) in [5, 5.41) is 8.64. The van der Waals surface area contributed by atoms with E-state index < -0.39 is 10.0 Å². The van der Waals surface area contributed by atoms with Crippen LogP contribution in [0.1, 0.15) is 5.56 Å². The van der Waals surface area contributed by atoms with Gasteiger partial charge in [0.25, 0.3) is 10.0 Å².